The normalized spacial score (nSPS) is 18.2. The number of nitrogens with two attached hydrogens (primary N) is 1. The third-order valence-corrected chi connectivity index (χ3v) is 4.87. The van der Waals surface area contributed by atoms with E-state index in [1.165, 1.54) is 29.9 Å². The van der Waals surface area contributed by atoms with Gasteiger partial charge in [0.1, 0.15) is 6.04 Å². The highest BCUT2D eigenvalue weighted by Gasteiger charge is 2.19. The van der Waals surface area contributed by atoms with Crippen molar-refractivity contribution in [2.45, 2.75) is 31.2 Å². The summed E-state index contributed by atoms with van der Waals surface area (Å²) in [6.45, 7) is 0. The SMILES string of the molecule is NC(Cc1ccc(C2CCSCC2)c(Cl)c1)C(=O)O. The zero-order valence-corrected chi connectivity index (χ0v) is 12.2. The van der Waals surface area contributed by atoms with Gasteiger partial charge in [-0.15, -0.1) is 0 Å². The molecule has 0 spiro atoms. The molecular weight excluding hydrogens is 282 g/mol. The highest BCUT2D eigenvalue weighted by Crippen LogP contribution is 2.35. The average Bonchev–Trinajstić information content (AvgIpc) is 2.39. The average molecular weight is 300 g/mol. The Balaban J connectivity index is 2.10. The molecule has 0 amide bonds. The monoisotopic (exact) mass is 299 g/mol. The van der Waals surface area contributed by atoms with Crippen molar-refractivity contribution in [3.8, 4) is 0 Å². The highest BCUT2D eigenvalue weighted by atomic mass is 35.5. The van der Waals surface area contributed by atoms with Crippen LogP contribution in [0.25, 0.3) is 0 Å². The third-order valence-electron chi connectivity index (χ3n) is 3.50. The van der Waals surface area contributed by atoms with E-state index in [1.54, 1.807) is 0 Å². The lowest BCUT2D eigenvalue weighted by Gasteiger charge is -2.23. The Labute approximate surface area is 122 Å². The number of carboxylic acids is 1. The molecule has 104 valence electrons. The molecule has 1 unspecified atom stereocenters. The van der Waals surface area contributed by atoms with Gasteiger partial charge in [0, 0.05) is 5.02 Å². The summed E-state index contributed by atoms with van der Waals surface area (Å²) in [6.07, 6.45) is 2.65. The van der Waals surface area contributed by atoms with Crippen LogP contribution in [0.1, 0.15) is 29.9 Å². The first kappa shape index (κ1) is 14.7. The maximum absolute atomic E-state index is 10.7. The molecule has 3 nitrogen and oxygen atoms in total. The van der Waals surface area contributed by atoms with Crippen molar-refractivity contribution in [3.05, 3.63) is 34.3 Å². The van der Waals surface area contributed by atoms with Crippen molar-refractivity contribution in [1.82, 2.24) is 0 Å². The van der Waals surface area contributed by atoms with E-state index in [4.69, 9.17) is 22.4 Å². The van der Waals surface area contributed by atoms with Gasteiger partial charge in [-0.2, -0.15) is 11.8 Å². The molecule has 0 bridgehead atoms. The zero-order valence-electron chi connectivity index (χ0n) is 10.6. The summed E-state index contributed by atoms with van der Waals surface area (Å²) in [5.74, 6) is 1.93. The maximum atomic E-state index is 10.7. The van der Waals surface area contributed by atoms with Gasteiger partial charge < -0.3 is 10.8 Å². The Morgan fingerprint density at radius 2 is 2.16 bits per heavy atom. The Kier molecular flexibility index (Phi) is 5.13. The highest BCUT2D eigenvalue weighted by molar-refractivity contribution is 7.99. The molecule has 1 fully saturated rings. The van der Waals surface area contributed by atoms with E-state index in [0.29, 0.717) is 12.3 Å². The molecule has 1 aliphatic rings. The Hall–Kier alpha value is -0.710. The first-order valence-corrected chi connectivity index (χ1v) is 7.95. The third kappa shape index (κ3) is 3.88. The molecule has 1 saturated heterocycles. The number of benzene rings is 1. The number of aliphatic carboxylic acids is 1. The van der Waals surface area contributed by atoms with Gasteiger partial charge in [-0.1, -0.05) is 23.7 Å². The van der Waals surface area contributed by atoms with Gasteiger partial charge >= 0.3 is 5.97 Å². The van der Waals surface area contributed by atoms with Gasteiger partial charge in [0.25, 0.3) is 0 Å². The molecule has 0 saturated carbocycles. The number of carboxylic acid groups (broad SMARTS) is 1. The summed E-state index contributed by atoms with van der Waals surface area (Å²) < 4.78 is 0. The number of halogens is 1. The summed E-state index contributed by atoms with van der Waals surface area (Å²) in [5, 5.41) is 9.55. The van der Waals surface area contributed by atoms with E-state index in [-0.39, 0.29) is 0 Å². The summed E-state index contributed by atoms with van der Waals surface area (Å²) in [6, 6.07) is 4.98. The van der Waals surface area contributed by atoms with Crippen LogP contribution in [0.3, 0.4) is 0 Å². The molecule has 1 atom stereocenters. The quantitative estimate of drug-likeness (QED) is 0.897. The lowest BCUT2D eigenvalue weighted by Crippen LogP contribution is -2.32. The fourth-order valence-corrected chi connectivity index (χ4v) is 3.84. The number of carbonyl (C=O) groups is 1. The van der Waals surface area contributed by atoms with Gasteiger partial charge in [0.05, 0.1) is 0 Å². The molecule has 3 N–H and O–H groups in total. The first-order valence-electron chi connectivity index (χ1n) is 6.42. The number of hydrogen-bond acceptors (Lipinski definition) is 3. The van der Waals surface area contributed by atoms with Crippen LogP contribution >= 0.6 is 23.4 Å². The number of hydrogen-bond donors (Lipinski definition) is 2. The molecule has 2 rings (SSSR count). The molecule has 1 aromatic rings. The lowest BCUT2D eigenvalue weighted by atomic mass is 9.92. The van der Waals surface area contributed by atoms with E-state index in [0.717, 1.165) is 10.6 Å². The van der Waals surface area contributed by atoms with E-state index in [2.05, 4.69) is 0 Å². The minimum absolute atomic E-state index is 0.315. The summed E-state index contributed by atoms with van der Waals surface area (Å²) in [7, 11) is 0. The molecular formula is C14H18ClNO2S. The minimum atomic E-state index is -0.982. The van der Waals surface area contributed by atoms with Crippen molar-refractivity contribution in [2.24, 2.45) is 5.73 Å². The van der Waals surface area contributed by atoms with Crippen LogP contribution in [-0.2, 0) is 11.2 Å². The van der Waals surface area contributed by atoms with Crippen LogP contribution in [0, 0.1) is 0 Å². The molecule has 5 heteroatoms. The predicted molar refractivity (Wildman–Crippen MR) is 80.1 cm³/mol. The van der Waals surface area contributed by atoms with E-state index in [9.17, 15) is 4.79 Å². The topological polar surface area (TPSA) is 63.3 Å². The standard InChI is InChI=1S/C14H18ClNO2S/c15-12-7-9(8-13(16)14(17)18)1-2-11(12)10-3-5-19-6-4-10/h1-2,7,10,13H,3-6,8,16H2,(H,17,18). The van der Waals surface area contributed by atoms with Crippen LogP contribution in [-0.4, -0.2) is 28.6 Å². The van der Waals surface area contributed by atoms with Crippen LogP contribution in [0.5, 0.6) is 0 Å². The molecule has 1 aliphatic heterocycles. The minimum Gasteiger partial charge on any atom is -0.480 e. The maximum Gasteiger partial charge on any atom is 0.320 e. The van der Waals surface area contributed by atoms with Gasteiger partial charge in [-0.3, -0.25) is 4.79 Å². The van der Waals surface area contributed by atoms with E-state index >= 15 is 0 Å². The molecule has 1 aromatic carbocycles. The van der Waals surface area contributed by atoms with Crippen molar-refractivity contribution in [3.63, 3.8) is 0 Å². The molecule has 19 heavy (non-hydrogen) atoms. The molecule has 0 aromatic heterocycles. The van der Waals surface area contributed by atoms with Crippen molar-refractivity contribution >= 4 is 29.3 Å². The Morgan fingerprint density at radius 1 is 1.47 bits per heavy atom. The van der Waals surface area contributed by atoms with Gasteiger partial charge in [-0.05, 0) is 53.9 Å². The fraction of sp³-hybridized carbons (Fsp3) is 0.500. The molecule has 0 aliphatic carbocycles. The van der Waals surface area contributed by atoms with Crippen LogP contribution in [0.2, 0.25) is 5.02 Å². The fourth-order valence-electron chi connectivity index (χ4n) is 2.38. The van der Waals surface area contributed by atoms with E-state index in [1.807, 2.05) is 30.0 Å². The second-order valence-electron chi connectivity index (χ2n) is 4.89. The van der Waals surface area contributed by atoms with Gasteiger partial charge in [-0.25, -0.2) is 0 Å². The van der Waals surface area contributed by atoms with Crippen LogP contribution in [0.15, 0.2) is 18.2 Å². The van der Waals surface area contributed by atoms with E-state index < -0.39 is 12.0 Å². The Morgan fingerprint density at radius 3 is 2.74 bits per heavy atom. The lowest BCUT2D eigenvalue weighted by molar-refractivity contribution is -0.138. The second-order valence-corrected chi connectivity index (χ2v) is 6.52. The number of thioether (sulfide) groups is 1. The second kappa shape index (κ2) is 6.64. The van der Waals surface area contributed by atoms with Gasteiger partial charge in [0.15, 0.2) is 0 Å². The van der Waals surface area contributed by atoms with Gasteiger partial charge in [0.2, 0.25) is 0 Å². The van der Waals surface area contributed by atoms with Crippen LogP contribution in [0.4, 0.5) is 0 Å². The zero-order chi connectivity index (χ0) is 13.8. The molecule has 1 heterocycles. The van der Waals surface area contributed by atoms with Crippen LogP contribution < -0.4 is 5.73 Å². The Bertz CT molecular complexity index is 461. The summed E-state index contributed by atoms with van der Waals surface area (Å²) in [5.41, 5.74) is 7.61. The van der Waals surface area contributed by atoms with Crippen molar-refractivity contribution in [2.75, 3.05) is 11.5 Å². The largest absolute Gasteiger partial charge is 0.480 e. The molecule has 0 radical (unpaired) electrons. The first-order chi connectivity index (χ1) is 9.08. The van der Waals surface area contributed by atoms with Crippen molar-refractivity contribution in [1.29, 1.82) is 0 Å². The van der Waals surface area contributed by atoms with Crippen molar-refractivity contribution < 1.29 is 9.90 Å². The summed E-state index contributed by atoms with van der Waals surface area (Å²) in [4.78, 5) is 10.7. The smallest absolute Gasteiger partial charge is 0.320 e. The predicted octanol–water partition coefficient (Wildman–Crippen LogP) is 2.91. The summed E-state index contributed by atoms with van der Waals surface area (Å²) >= 11 is 8.32. The number of rotatable bonds is 4.